The number of benzene rings is 4. The quantitative estimate of drug-likeness (QED) is 0.314. The first-order valence-electron chi connectivity index (χ1n) is 9.96. The van der Waals surface area contributed by atoms with E-state index in [9.17, 15) is 0 Å². The molecule has 0 bridgehead atoms. The smallest absolute Gasteiger partial charge is 0.108 e. The van der Waals surface area contributed by atoms with Crippen LogP contribution in [0.4, 0.5) is 0 Å². The van der Waals surface area contributed by atoms with Crippen molar-refractivity contribution < 1.29 is 0 Å². The molecule has 0 aliphatic carbocycles. The second kappa shape index (κ2) is 6.75. The van der Waals surface area contributed by atoms with E-state index in [1.165, 1.54) is 16.2 Å². The molecule has 0 aliphatic rings. The average Bonchev–Trinajstić information content (AvgIpc) is 2.84. The summed E-state index contributed by atoms with van der Waals surface area (Å²) >= 11 is 0. The number of nitrogens with zero attached hydrogens (tertiary/aromatic N) is 3. The minimum atomic E-state index is 0.778. The summed E-state index contributed by atoms with van der Waals surface area (Å²) in [4.78, 5) is 14.4. The molecule has 0 amide bonds. The van der Waals surface area contributed by atoms with E-state index in [0.29, 0.717) is 0 Å². The van der Waals surface area contributed by atoms with Crippen molar-refractivity contribution in [3.63, 3.8) is 0 Å². The van der Waals surface area contributed by atoms with E-state index in [2.05, 4.69) is 59.6 Å². The minimum absolute atomic E-state index is 0.778. The van der Waals surface area contributed by atoms with E-state index in [1.807, 2.05) is 48.8 Å². The number of para-hydroxylation sites is 1. The molecule has 6 rings (SSSR count). The zero-order valence-electron chi connectivity index (χ0n) is 16.2. The van der Waals surface area contributed by atoms with Crippen LogP contribution >= 0.6 is 0 Å². The summed E-state index contributed by atoms with van der Waals surface area (Å²) in [6, 6.07) is 31.2. The third-order valence-electron chi connectivity index (χ3n) is 5.55. The van der Waals surface area contributed by atoms with Gasteiger partial charge in [0.05, 0.1) is 29.3 Å². The summed E-state index contributed by atoms with van der Waals surface area (Å²) in [5, 5.41) is 5.90. The number of rotatable bonds is 2. The third kappa shape index (κ3) is 2.64. The van der Waals surface area contributed by atoms with E-state index in [1.54, 1.807) is 0 Å². The Bertz CT molecular complexity index is 1510. The Hall–Kier alpha value is -4.11. The summed E-state index contributed by atoms with van der Waals surface area (Å²) < 4.78 is 0. The third-order valence-corrected chi connectivity index (χ3v) is 5.55. The molecule has 0 spiro atoms. The van der Waals surface area contributed by atoms with Crippen molar-refractivity contribution in [3.8, 4) is 22.6 Å². The van der Waals surface area contributed by atoms with Crippen molar-refractivity contribution in [2.45, 2.75) is 0 Å². The summed E-state index contributed by atoms with van der Waals surface area (Å²) in [6.45, 7) is 0. The highest BCUT2D eigenvalue weighted by atomic mass is 14.8. The molecule has 0 unspecified atom stereocenters. The zero-order chi connectivity index (χ0) is 19.9. The number of aromatic nitrogens is 3. The highest BCUT2D eigenvalue weighted by molar-refractivity contribution is 6.22. The lowest BCUT2D eigenvalue weighted by Gasteiger charge is -2.12. The Morgan fingerprint density at radius 1 is 0.500 bits per heavy atom. The van der Waals surface area contributed by atoms with E-state index in [-0.39, 0.29) is 0 Å². The Morgan fingerprint density at radius 2 is 1.20 bits per heavy atom. The van der Waals surface area contributed by atoms with Crippen LogP contribution in [0, 0.1) is 0 Å². The van der Waals surface area contributed by atoms with Gasteiger partial charge in [0, 0.05) is 21.7 Å². The monoisotopic (exact) mass is 383 g/mol. The van der Waals surface area contributed by atoms with Crippen LogP contribution in [-0.4, -0.2) is 15.0 Å². The predicted octanol–water partition coefficient (Wildman–Crippen LogP) is 6.67. The zero-order valence-corrected chi connectivity index (χ0v) is 16.2. The second-order valence-electron chi connectivity index (χ2n) is 7.34. The van der Waals surface area contributed by atoms with E-state index >= 15 is 0 Å². The number of pyridine rings is 1. The molecule has 0 aliphatic heterocycles. The number of hydrogen-bond acceptors (Lipinski definition) is 3. The molecule has 140 valence electrons. The molecule has 2 heterocycles. The molecule has 0 radical (unpaired) electrons. The molecule has 0 saturated heterocycles. The van der Waals surface area contributed by atoms with Crippen molar-refractivity contribution >= 4 is 32.4 Å². The van der Waals surface area contributed by atoms with E-state index < -0.39 is 0 Å². The van der Waals surface area contributed by atoms with Gasteiger partial charge in [-0.25, -0.2) is 4.98 Å². The fraction of sp³-hybridized carbons (Fsp3) is 0. The second-order valence-corrected chi connectivity index (χ2v) is 7.34. The standard InChI is InChI=1S/C27H17N3/c1-2-9-19(10-3-1)24-16-29-25(17-28-24)27-22-15-14-18-8-4-5-11-20(18)26(22)21-12-6-7-13-23(21)30-27/h1-17H. The van der Waals surface area contributed by atoms with E-state index in [0.717, 1.165) is 38.9 Å². The summed E-state index contributed by atoms with van der Waals surface area (Å²) in [5.74, 6) is 0. The van der Waals surface area contributed by atoms with Crippen LogP contribution in [0.5, 0.6) is 0 Å². The molecule has 30 heavy (non-hydrogen) atoms. The highest BCUT2D eigenvalue weighted by Gasteiger charge is 2.14. The topological polar surface area (TPSA) is 38.7 Å². The van der Waals surface area contributed by atoms with Gasteiger partial charge in [0.2, 0.25) is 0 Å². The van der Waals surface area contributed by atoms with Crippen LogP contribution in [0.15, 0.2) is 103 Å². The predicted molar refractivity (Wildman–Crippen MR) is 123 cm³/mol. The number of hydrogen-bond donors (Lipinski definition) is 0. The molecule has 0 saturated carbocycles. The van der Waals surface area contributed by atoms with Gasteiger partial charge in [-0.15, -0.1) is 0 Å². The van der Waals surface area contributed by atoms with Gasteiger partial charge >= 0.3 is 0 Å². The Labute approximate surface area is 173 Å². The van der Waals surface area contributed by atoms with E-state index in [4.69, 9.17) is 9.97 Å². The lowest BCUT2D eigenvalue weighted by atomic mass is 9.96. The van der Waals surface area contributed by atoms with Gasteiger partial charge in [-0.1, -0.05) is 84.9 Å². The van der Waals surface area contributed by atoms with Gasteiger partial charge in [0.25, 0.3) is 0 Å². The minimum Gasteiger partial charge on any atom is -0.252 e. The van der Waals surface area contributed by atoms with Gasteiger partial charge in [-0.2, -0.15) is 0 Å². The van der Waals surface area contributed by atoms with Gasteiger partial charge < -0.3 is 0 Å². The summed E-state index contributed by atoms with van der Waals surface area (Å²) in [6.07, 6.45) is 3.66. The molecule has 3 heteroatoms. The van der Waals surface area contributed by atoms with Crippen molar-refractivity contribution in [2.24, 2.45) is 0 Å². The largest absolute Gasteiger partial charge is 0.252 e. The molecule has 0 N–H and O–H groups in total. The first-order chi connectivity index (χ1) is 14.9. The van der Waals surface area contributed by atoms with Gasteiger partial charge in [-0.05, 0) is 16.8 Å². The Morgan fingerprint density at radius 3 is 2.03 bits per heavy atom. The maximum atomic E-state index is 4.98. The Balaban J connectivity index is 1.64. The molecular weight excluding hydrogens is 366 g/mol. The lowest BCUT2D eigenvalue weighted by Crippen LogP contribution is -1.94. The summed E-state index contributed by atoms with van der Waals surface area (Å²) in [7, 11) is 0. The van der Waals surface area contributed by atoms with Gasteiger partial charge in [-0.3, -0.25) is 9.97 Å². The number of fused-ring (bicyclic) bond motifs is 5. The van der Waals surface area contributed by atoms with Crippen LogP contribution < -0.4 is 0 Å². The maximum absolute atomic E-state index is 4.98. The van der Waals surface area contributed by atoms with Crippen LogP contribution in [-0.2, 0) is 0 Å². The van der Waals surface area contributed by atoms with Crippen molar-refractivity contribution in [2.75, 3.05) is 0 Å². The molecule has 4 aromatic carbocycles. The van der Waals surface area contributed by atoms with Crippen LogP contribution in [0.2, 0.25) is 0 Å². The van der Waals surface area contributed by atoms with Crippen LogP contribution in [0.25, 0.3) is 55.1 Å². The van der Waals surface area contributed by atoms with Crippen molar-refractivity contribution in [1.29, 1.82) is 0 Å². The van der Waals surface area contributed by atoms with Gasteiger partial charge in [0.15, 0.2) is 0 Å². The molecule has 0 fully saturated rings. The SMILES string of the molecule is c1ccc(-c2cnc(-c3nc4ccccc4c4c3ccc3ccccc34)cn2)cc1. The Kier molecular flexibility index (Phi) is 3.78. The summed E-state index contributed by atoms with van der Waals surface area (Å²) in [5.41, 5.74) is 4.52. The molecular formula is C27H17N3. The van der Waals surface area contributed by atoms with Crippen molar-refractivity contribution in [1.82, 2.24) is 15.0 Å². The first-order valence-corrected chi connectivity index (χ1v) is 9.96. The van der Waals surface area contributed by atoms with Crippen molar-refractivity contribution in [3.05, 3.63) is 103 Å². The fourth-order valence-electron chi connectivity index (χ4n) is 4.13. The molecule has 2 aromatic heterocycles. The normalized spacial score (nSPS) is 11.3. The van der Waals surface area contributed by atoms with Crippen LogP contribution in [0.3, 0.4) is 0 Å². The molecule has 3 nitrogen and oxygen atoms in total. The first kappa shape index (κ1) is 16.8. The fourth-order valence-corrected chi connectivity index (χ4v) is 4.13. The maximum Gasteiger partial charge on any atom is 0.108 e. The van der Waals surface area contributed by atoms with Gasteiger partial charge in [0.1, 0.15) is 5.69 Å². The molecule has 6 aromatic rings. The molecule has 0 atom stereocenters. The average molecular weight is 383 g/mol. The lowest BCUT2D eigenvalue weighted by molar-refractivity contribution is 1.19. The van der Waals surface area contributed by atoms with Crippen LogP contribution in [0.1, 0.15) is 0 Å². The highest BCUT2D eigenvalue weighted by Crippen LogP contribution is 2.36.